The molecule has 0 aliphatic carbocycles. The van der Waals surface area contributed by atoms with Crippen LogP contribution in [0.3, 0.4) is 0 Å². The summed E-state index contributed by atoms with van der Waals surface area (Å²) in [5.41, 5.74) is 4.19. The summed E-state index contributed by atoms with van der Waals surface area (Å²) in [6, 6.07) is 10.3. The van der Waals surface area contributed by atoms with Crippen molar-refractivity contribution in [1.82, 2.24) is 9.97 Å². The van der Waals surface area contributed by atoms with Crippen LogP contribution in [-0.2, 0) is 0 Å². The average molecular weight is 255 g/mol. The van der Waals surface area contributed by atoms with E-state index in [1.807, 2.05) is 32.2 Å². The molecule has 2 aromatic heterocycles. The second-order valence-electron chi connectivity index (χ2n) is 4.12. The summed E-state index contributed by atoms with van der Waals surface area (Å²) in [5.74, 6) is 0. The number of hydrogen-bond acceptors (Lipinski definition) is 4. The topological polar surface area (TPSA) is 37.8 Å². The summed E-state index contributed by atoms with van der Waals surface area (Å²) in [6.07, 6.45) is 0. The number of anilines is 1. The van der Waals surface area contributed by atoms with Crippen LogP contribution in [0.2, 0.25) is 0 Å². The lowest BCUT2D eigenvalue weighted by Crippen LogP contribution is -1.90. The van der Waals surface area contributed by atoms with Gasteiger partial charge in [0.05, 0.1) is 11.2 Å². The van der Waals surface area contributed by atoms with Crippen LogP contribution in [0.4, 0.5) is 5.13 Å². The van der Waals surface area contributed by atoms with Crippen molar-refractivity contribution in [3.05, 3.63) is 41.4 Å². The molecule has 0 aliphatic heterocycles. The summed E-state index contributed by atoms with van der Waals surface area (Å²) in [6.45, 7) is 2.02. The number of para-hydroxylation sites is 1. The third-order valence-electron chi connectivity index (χ3n) is 2.84. The highest BCUT2D eigenvalue weighted by atomic mass is 32.1. The van der Waals surface area contributed by atoms with Gasteiger partial charge in [0.25, 0.3) is 0 Å². The number of aryl methyl sites for hydroxylation is 1. The Kier molecular flexibility index (Phi) is 2.72. The summed E-state index contributed by atoms with van der Waals surface area (Å²) in [5, 5.41) is 7.23. The molecule has 0 spiro atoms. The highest BCUT2D eigenvalue weighted by molar-refractivity contribution is 7.14. The summed E-state index contributed by atoms with van der Waals surface area (Å²) in [7, 11) is 1.89. The molecule has 3 aromatic rings. The van der Waals surface area contributed by atoms with E-state index in [-0.39, 0.29) is 0 Å². The molecule has 0 atom stereocenters. The molecule has 3 nitrogen and oxygen atoms in total. The van der Waals surface area contributed by atoms with Crippen molar-refractivity contribution in [2.45, 2.75) is 6.92 Å². The number of thiazole rings is 1. The van der Waals surface area contributed by atoms with Gasteiger partial charge in [-0.1, -0.05) is 18.2 Å². The predicted molar refractivity (Wildman–Crippen MR) is 77.1 cm³/mol. The van der Waals surface area contributed by atoms with Crippen molar-refractivity contribution < 1.29 is 0 Å². The van der Waals surface area contributed by atoms with E-state index in [0.29, 0.717) is 0 Å². The van der Waals surface area contributed by atoms with E-state index in [1.165, 1.54) is 0 Å². The van der Waals surface area contributed by atoms with E-state index in [1.54, 1.807) is 11.3 Å². The minimum atomic E-state index is 0.934. The first-order chi connectivity index (χ1) is 8.78. The predicted octanol–water partition coefficient (Wildman–Crippen LogP) is 3.71. The molecule has 90 valence electrons. The Morgan fingerprint density at radius 1 is 1.17 bits per heavy atom. The Hall–Kier alpha value is -1.94. The van der Waals surface area contributed by atoms with Gasteiger partial charge in [-0.2, -0.15) is 0 Å². The molecule has 18 heavy (non-hydrogen) atoms. The maximum atomic E-state index is 4.57. The smallest absolute Gasteiger partial charge is 0.182 e. The molecular weight excluding hydrogens is 242 g/mol. The van der Waals surface area contributed by atoms with Crippen molar-refractivity contribution in [2.75, 3.05) is 12.4 Å². The number of pyridine rings is 1. The van der Waals surface area contributed by atoms with Gasteiger partial charge in [0, 0.05) is 29.1 Å². The van der Waals surface area contributed by atoms with Crippen LogP contribution in [-0.4, -0.2) is 17.0 Å². The Morgan fingerprint density at radius 3 is 2.78 bits per heavy atom. The van der Waals surface area contributed by atoms with E-state index in [4.69, 9.17) is 0 Å². The van der Waals surface area contributed by atoms with E-state index >= 15 is 0 Å². The molecule has 0 saturated carbocycles. The fourth-order valence-electron chi connectivity index (χ4n) is 2.03. The number of rotatable bonds is 2. The van der Waals surface area contributed by atoms with E-state index in [0.717, 1.165) is 33.0 Å². The van der Waals surface area contributed by atoms with Crippen molar-refractivity contribution in [2.24, 2.45) is 0 Å². The van der Waals surface area contributed by atoms with Crippen LogP contribution in [0.5, 0.6) is 0 Å². The Bertz CT molecular complexity index is 703. The quantitative estimate of drug-likeness (QED) is 0.758. The van der Waals surface area contributed by atoms with Crippen LogP contribution in [0.1, 0.15) is 5.69 Å². The lowest BCUT2D eigenvalue weighted by Gasteiger charge is -2.05. The molecule has 0 saturated heterocycles. The van der Waals surface area contributed by atoms with Gasteiger partial charge >= 0.3 is 0 Å². The summed E-state index contributed by atoms with van der Waals surface area (Å²) < 4.78 is 0. The molecule has 3 rings (SSSR count). The zero-order valence-corrected chi connectivity index (χ0v) is 11.1. The van der Waals surface area contributed by atoms with Gasteiger partial charge in [-0.05, 0) is 19.1 Å². The number of benzene rings is 1. The first kappa shape index (κ1) is 11.2. The van der Waals surface area contributed by atoms with Gasteiger partial charge in [0.1, 0.15) is 0 Å². The minimum Gasteiger partial charge on any atom is -0.365 e. The minimum absolute atomic E-state index is 0.934. The fourth-order valence-corrected chi connectivity index (χ4v) is 2.70. The highest BCUT2D eigenvalue weighted by Crippen LogP contribution is 2.30. The first-order valence-corrected chi connectivity index (χ1v) is 6.66. The van der Waals surface area contributed by atoms with Crippen molar-refractivity contribution in [1.29, 1.82) is 0 Å². The van der Waals surface area contributed by atoms with Gasteiger partial charge in [0.15, 0.2) is 5.13 Å². The molecule has 0 aliphatic rings. The Labute approximate surface area is 110 Å². The van der Waals surface area contributed by atoms with Crippen LogP contribution < -0.4 is 5.32 Å². The van der Waals surface area contributed by atoms with Gasteiger partial charge in [-0.25, -0.2) is 4.98 Å². The number of nitrogens with zero attached hydrogens (tertiary/aromatic N) is 2. The van der Waals surface area contributed by atoms with Crippen LogP contribution in [0.15, 0.2) is 35.7 Å². The van der Waals surface area contributed by atoms with Crippen LogP contribution in [0, 0.1) is 6.92 Å². The molecule has 2 heterocycles. The van der Waals surface area contributed by atoms with Gasteiger partial charge in [0.2, 0.25) is 0 Å². The summed E-state index contributed by atoms with van der Waals surface area (Å²) in [4.78, 5) is 9.12. The maximum Gasteiger partial charge on any atom is 0.182 e. The third kappa shape index (κ3) is 1.84. The molecule has 1 aromatic carbocycles. The first-order valence-electron chi connectivity index (χ1n) is 5.78. The van der Waals surface area contributed by atoms with E-state index in [2.05, 4.69) is 32.8 Å². The van der Waals surface area contributed by atoms with Gasteiger partial charge in [-0.3, -0.25) is 4.98 Å². The van der Waals surface area contributed by atoms with Crippen LogP contribution in [0.25, 0.3) is 22.2 Å². The average Bonchev–Trinajstić information content (AvgIpc) is 2.86. The molecule has 1 N–H and O–H groups in total. The molecule has 4 heteroatoms. The number of aromatic nitrogens is 2. The number of hydrogen-bond donors (Lipinski definition) is 1. The molecule has 0 radical (unpaired) electrons. The number of nitrogens with one attached hydrogen (secondary N) is 1. The van der Waals surface area contributed by atoms with Gasteiger partial charge < -0.3 is 5.32 Å². The second-order valence-corrected chi connectivity index (χ2v) is 4.97. The van der Waals surface area contributed by atoms with Crippen molar-refractivity contribution in [3.8, 4) is 11.3 Å². The zero-order chi connectivity index (χ0) is 12.5. The lowest BCUT2D eigenvalue weighted by atomic mass is 10.1. The second kappa shape index (κ2) is 4.38. The lowest BCUT2D eigenvalue weighted by molar-refractivity contribution is 1.25. The standard InChI is InChI=1S/C14H13N3S/c1-9-7-11(13-8-18-14(15-2)17-13)10-5-3-4-6-12(10)16-9/h3-8H,1-2H3,(H,15,17). The normalized spacial score (nSPS) is 10.8. The highest BCUT2D eigenvalue weighted by Gasteiger charge is 2.09. The fraction of sp³-hybridized carbons (Fsp3) is 0.143. The monoisotopic (exact) mass is 255 g/mol. The summed E-state index contributed by atoms with van der Waals surface area (Å²) >= 11 is 1.62. The molecular formula is C14H13N3S. The third-order valence-corrected chi connectivity index (χ3v) is 3.70. The Balaban J connectivity index is 2.27. The maximum absolute atomic E-state index is 4.57. The molecule has 0 amide bonds. The zero-order valence-electron chi connectivity index (χ0n) is 10.3. The van der Waals surface area contributed by atoms with Crippen LogP contribution >= 0.6 is 11.3 Å². The molecule has 0 bridgehead atoms. The Morgan fingerprint density at radius 2 is 2.00 bits per heavy atom. The largest absolute Gasteiger partial charge is 0.365 e. The number of fused-ring (bicyclic) bond motifs is 1. The van der Waals surface area contributed by atoms with Crippen molar-refractivity contribution >= 4 is 27.4 Å². The van der Waals surface area contributed by atoms with Crippen molar-refractivity contribution in [3.63, 3.8) is 0 Å². The molecule has 0 unspecified atom stereocenters. The molecule has 0 fully saturated rings. The van der Waals surface area contributed by atoms with E-state index in [9.17, 15) is 0 Å². The SMILES string of the molecule is CNc1nc(-c2cc(C)nc3ccccc23)cs1. The van der Waals surface area contributed by atoms with Gasteiger partial charge in [-0.15, -0.1) is 11.3 Å². The van der Waals surface area contributed by atoms with E-state index < -0.39 is 0 Å².